The molecule has 2 heterocycles. The van der Waals surface area contributed by atoms with Crippen LogP contribution < -0.4 is 0 Å². The Balaban J connectivity index is 2.20. The van der Waals surface area contributed by atoms with Crippen LogP contribution in [-0.2, 0) is 4.79 Å². The van der Waals surface area contributed by atoms with Gasteiger partial charge in [-0.15, -0.1) is 0 Å². The highest BCUT2D eigenvalue weighted by Gasteiger charge is 2.31. The third-order valence-electron chi connectivity index (χ3n) is 3.33. The van der Waals surface area contributed by atoms with Crippen LogP contribution in [0.5, 0.6) is 0 Å². The minimum atomic E-state index is -0.944. The Morgan fingerprint density at radius 2 is 2.00 bits per heavy atom. The average Bonchev–Trinajstić information content (AvgIpc) is 2.74. The third kappa shape index (κ3) is 3.37. The summed E-state index contributed by atoms with van der Waals surface area (Å²) in [5.41, 5.74) is 0. The molecule has 1 atom stereocenters. The van der Waals surface area contributed by atoms with Crippen molar-refractivity contribution >= 4 is 27.8 Å². The number of hydrogen-bond acceptors (Lipinski definition) is 3. The van der Waals surface area contributed by atoms with Gasteiger partial charge in [0.2, 0.25) is 0 Å². The number of furan rings is 1. The fourth-order valence-corrected chi connectivity index (χ4v) is 2.66. The normalized spacial score (nSPS) is 20.7. The molecule has 0 bridgehead atoms. The summed E-state index contributed by atoms with van der Waals surface area (Å²) < 4.78 is 5.70. The Morgan fingerprint density at radius 3 is 2.63 bits per heavy atom. The van der Waals surface area contributed by atoms with Gasteiger partial charge in [0.15, 0.2) is 10.4 Å². The first-order chi connectivity index (χ1) is 9.09. The van der Waals surface area contributed by atoms with E-state index >= 15 is 0 Å². The highest BCUT2D eigenvalue weighted by Crippen LogP contribution is 2.21. The van der Waals surface area contributed by atoms with Crippen molar-refractivity contribution in [2.24, 2.45) is 0 Å². The maximum atomic E-state index is 12.3. The van der Waals surface area contributed by atoms with Gasteiger partial charge in [-0.1, -0.05) is 19.3 Å². The van der Waals surface area contributed by atoms with Crippen LogP contribution in [0, 0.1) is 0 Å². The van der Waals surface area contributed by atoms with Crippen LogP contribution in [0.3, 0.4) is 0 Å². The number of carbonyl (C=O) groups is 2. The van der Waals surface area contributed by atoms with E-state index in [4.69, 9.17) is 4.42 Å². The second-order valence-electron chi connectivity index (χ2n) is 4.66. The van der Waals surface area contributed by atoms with E-state index in [0.717, 1.165) is 25.7 Å². The molecule has 0 saturated carbocycles. The second kappa shape index (κ2) is 6.23. The molecule has 0 aliphatic carbocycles. The van der Waals surface area contributed by atoms with Crippen molar-refractivity contribution in [2.75, 3.05) is 6.54 Å². The molecule has 1 N–H and O–H groups in total. The minimum absolute atomic E-state index is 0.179. The molecule has 1 aliphatic rings. The molecule has 0 aromatic carbocycles. The second-order valence-corrected chi connectivity index (χ2v) is 5.44. The van der Waals surface area contributed by atoms with E-state index in [9.17, 15) is 14.7 Å². The van der Waals surface area contributed by atoms with Gasteiger partial charge < -0.3 is 14.4 Å². The van der Waals surface area contributed by atoms with E-state index in [2.05, 4.69) is 15.9 Å². The fourth-order valence-electron chi connectivity index (χ4n) is 2.36. The van der Waals surface area contributed by atoms with Crippen molar-refractivity contribution in [1.29, 1.82) is 0 Å². The number of likely N-dealkylation sites (tertiary alicyclic amines) is 1. The molecule has 1 aliphatic heterocycles. The van der Waals surface area contributed by atoms with Crippen molar-refractivity contribution in [1.82, 2.24) is 4.90 Å². The number of carboxylic acids is 1. The molecule has 0 radical (unpaired) electrons. The van der Waals surface area contributed by atoms with Gasteiger partial charge in [0.25, 0.3) is 5.91 Å². The van der Waals surface area contributed by atoms with Crippen molar-refractivity contribution in [3.63, 3.8) is 0 Å². The van der Waals surface area contributed by atoms with E-state index in [-0.39, 0.29) is 11.7 Å². The number of nitrogens with zero attached hydrogens (tertiary/aromatic N) is 1. The van der Waals surface area contributed by atoms with Crippen LogP contribution in [0.4, 0.5) is 0 Å². The summed E-state index contributed by atoms with van der Waals surface area (Å²) in [6.07, 6.45) is 4.22. The number of hydrogen-bond donors (Lipinski definition) is 1. The Kier molecular flexibility index (Phi) is 4.63. The number of halogens is 1. The quantitative estimate of drug-likeness (QED) is 0.905. The van der Waals surface area contributed by atoms with E-state index in [1.54, 1.807) is 12.1 Å². The van der Waals surface area contributed by atoms with Gasteiger partial charge >= 0.3 is 5.97 Å². The molecule has 104 valence electrons. The number of rotatable bonds is 2. The molecule has 6 heteroatoms. The standard InChI is InChI=1S/C13H16BrNO4/c14-11-7-6-10(19-11)12(16)15-8-4-2-1-3-5-9(15)13(17)18/h6-7,9H,1-5,8H2,(H,17,18). The van der Waals surface area contributed by atoms with Crippen LogP contribution >= 0.6 is 15.9 Å². The molecule has 1 amide bonds. The summed E-state index contributed by atoms with van der Waals surface area (Å²) in [7, 11) is 0. The highest BCUT2D eigenvalue weighted by molar-refractivity contribution is 9.10. The van der Waals surface area contributed by atoms with Crippen LogP contribution in [-0.4, -0.2) is 34.5 Å². The van der Waals surface area contributed by atoms with E-state index in [0.29, 0.717) is 17.6 Å². The minimum Gasteiger partial charge on any atom is -0.480 e. The first-order valence-electron chi connectivity index (χ1n) is 6.38. The van der Waals surface area contributed by atoms with Gasteiger partial charge in [-0.05, 0) is 40.9 Å². The lowest BCUT2D eigenvalue weighted by Gasteiger charge is -2.30. The number of carboxylic acid groups (broad SMARTS) is 1. The van der Waals surface area contributed by atoms with Crippen molar-refractivity contribution < 1.29 is 19.1 Å². The van der Waals surface area contributed by atoms with E-state index < -0.39 is 12.0 Å². The van der Waals surface area contributed by atoms with Crippen LogP contribution in [0.15, 0.2) is 21.2 Å². The molecular weight excluding hydrogens is 314 g/mol. The molecule has 1 fully saturated rings. The lowest BCUT2D eigenvalue weighted by Crippen LogP contribution is -2.46. The Labute approximate surface area is 119 Å². The average molecular weight is 330 g/mol. The number of aliphatic carboxylic acids is 1. The molecule has 1 aromatic rings. The summed E-state index contributed by atoms with van der Waals surface area (Å²) >= 11 is 3.14. The summed E-state index contributed by atoms with van der Waals surface area (Å²) in [4.78, 5) is 25.1. The first-order valence-corrected chi connectivity index (χ1v) is 7.18. The number of carbonyl (C=O) groups excluding carboxylic acids is 1. The van der Waals surface area contributed by atoms with Crippen molar-refractivity contribution in [3.8, 4) is 0 Å². The third-order valence-corrected chi connectivity index (χ3v) is 3.76. The maximum Gasteiger partial charge on any atom is 0.326 e. The molecule has 2 rings (SSSR count). The van der Waals surface area contributed by atoms with Crippen LogP contribution in [0.2, 0.25) is 0 Å². The molecule has 1 unspecified atom stereocenters. The van der Waals surface area contributed by atoms with Gasteiger partial charge in [0.05, 0.1) is 0 Å². The number of amides is 1. The zero-order valence-electron chi connectivity index (χ0n) is 10.5. The lowest BCUT2D eigenvalue weighted by molar-refractivity contribution is -0.142. The SMILES string of the molecule is O=C(O)C1CCCCCCN1C(=O)c1ccc(Br)o1. The summed E-state index contributed by atoms with van der Waals surface area (Å²) in [5.74, 6) is -1.11. The van der Waals surface area contributed by atoms with Gasteiger partial charge in [-0.25, -0.2) is 4.79 Å². The topological polar surface area (TPSA) is 70.8 Å². The zero-order valence-corrected chi connectivity index (χ0v) is 12.1. The van der Waals surface area contributed by atoms with Gasteiger partial charge in [-0.2, -0.15) is 0 Å². The molecule has 1 aromatic heterocycles. The Bertz CT molecular complexity index is 471. The predicted molar refractivity (Wildman–Crippen MR) is 72.0 cm³/mol. The fraction of sp³-hybridized carbons (Fsp3) is 0.538. The zero-order chi connectivity index (χ0) is 13.8. The monoisotopic (exact) mass is 329 g/mol. The van der Waals surface area contributed by atoms with Crippen LogP contribution in [0.1, 0.15) is 42.7 Å². The smallest absolute Gasteiger partial charge is 0.326 e. The van der Waals surface area contributed by atoms with Crippen molar-refractivity contribution in [2.45, 2.75) is 38.1 Å². The van der Waals surface area contributed by atoms with E-state index in [1.165, 1.54) is 4.90 Å². The lowest BCUT2D eigenvalue weighted by atomic mass is 10.0. The molecular formula is C13H16BrNO4. The van der Waals surface area contributed by atoms with Crippen LogP contribution in [0.25, 0.3) is 0 Å². The first kappa shape index (κ1) is 14.1. The predicted octanol–water partition coefficient (Wildman–Crippen LogP) is 2.90. The molecule has 19 heavy (non-hydrogen) atoms. The highest BCUT2D eigenvalue weighted by atomic mass is 79.9. The van der Waals surface area contributed by atoms with Crippen molar-refractivity contribution in [3.05, 3.63) is 22.6 Å². The maximum absolute atomic E-state index is 12.3. The van der Waals surface area contributed by atoms with Gasteiger partial charge in [0.1, 0.15) is 6.04 Å². The molecule has 1 saturated heterocycles. The largest absolute Gasteiger partial charge is 0.480 e. The molecule has 0 spiro atoms. The van der Waals surface area contributed by atoms with Gasteiger partial charge in [0, 0.05) is 6.54 Å². The Hall–Kier alpha value is -1.30. The molecule has 5 nitrogen and oxygen atoms in total. The summed E-state index contributed by atoms with van der Waals surface area (Å²) in [6.45, 7) is 0.466. The van der Waals surface area contributed by atoms with Gasteiger partial charge in [-0.3, -0.25) is 4.79 Å². The Morgan fingerprint density at radius 1 is 1.26 bits per heavy atom. The summed E-state index contributed by atoms with van der Waals surface area (Å²) in [6, 6.07) is 2.44. The van der Waals surface area contributed by atoms with E-state index in [1.807, 2.05) is 0 Å². The summed E-state index contributed by atoms with van der Waals surface area (Å²) in [5, 5.41) is 9.29.